The van der Waals surface area contributed by atoms with E-state index in [0.717, 1.165) is 5.69 Å². The van der Waals surface area contributed by atoms with Gasteiger partial charge < -0.3 is 10.4 Å². The summed E-state index contributed by atoms with van der Waals surface area (Å²) in [6.45, 7) is 8.26. The van der Waals surface area contributed by atoms with Crippen molar-refractivity contribution in [3.05, 3.63) is 29.3 Å². The maximum absolute atomic E-state index is 9.12. The molecule has 2 N–H and O–H groups in total. The Morgan fingerprint density at radius 1 is 1.21 bits per heavy atom. The van der Waals surface area contributed by atoms with Crippen molar-refractivity contribution >= 4 is 5.69 Å². The van der Waals surface area contributed by atoms with Crippen molar-refractivity contribution in [3.63, 3.8) is 0 Å². The second-order valence-corrected chi connectivity index (χ2v) is 4.47. The summed E-state index contributed by atoms with van der Waals surface area (Å²) in [5, 5.41) is 12.4. The largest absolute Gasteiger partial charge is 0.394 e. The van der Waals surface area contributed by atoms with Crippen LogP contribution in [0.4, 0.5) is 5.69 Å². The van der Waals surface area contributed by atoms with Crippen LogP contribution in [0, 0.1) is 13.8 Å². The minimum absolute atomic E-state index is 0.125. The second-order valence-electron chi connectivity index (χ2n) is 4.47. The topological polar surface area (TPSA) is 32.3 Å². The Bertz CT molecular complexity index is 318. The molecule has 78 valence electrons. The van der Waals surface area contributed by atoms with Gasteiger partial charge in [0.25, 0.3) is 0 Å². The van der Waals surface area contributed by atoms with Gasteiger partial charge in [-0.05, 0) is 51.0 Å². The summed E-state index contributed by atoms with van der Waals surface area (Å²) < 4.78 is 0. The zero-order valence-electron chi connectivity index (χ0n) is 9.39. The molecule has 0 aliphatic carbocycles. The van der Waals surface area contributed by atoms with E-state index in [4.69, 9.17) is 5.11 Å². The summed E-state index contributed by atoms with van der Waals surface area (Å²) >= 11 is 0. The number of hydrogen-bond donors (Lipinski definition) is 2. The van der Waals surface area contributed by atoms with Crippen LogP contribution in [0.2, 0.25) is 0 Å². The van der Waals surface area contributed by atoms with Gasteiger partial charge in [-0.3, -0.25) is 0 Å². The number of anilines is 1. The van der Waals surface area contributed by atoms with Gasteiger partial charge in [0.1, 0.15) is 0 Å². The highest BCUT2D eigenvalue weighted by Crippen LogP contribution is 2.18. The first-order valence-corrected chi connectivity index (χ1v) is 4.91. The first-order chi connectivity index (χ1) is 6.44. The predicted molar refractivity (Wildman–Crippen MR) is 60.7 cm³/mol. The minimum atomic E-state index is -0.262. The van der Waals surface area contributed by atoms with Gasteiger partial charge in [-0.1, -0.05) is 6.07 Å². The number of nitrogens with one attached hydrogen (secondary N) is 1. The maximum Gasteiger partial charge on any atom is 0.0656 e. The van der Waals surface area contributed by atoms with E-state index in [2.05, 4.69) is 31.3 Å². The first-order valence-electron chi connectivity index (χ1n) is 4.91. The molecule has 0 fully saturated rings. The summed E-state index contributed by atoms with van der Waals surface area (Å²) in [4.78, 5) is 0. The number of aryl methyl sites for hydroxylation is 2. The molecule has 0 spiro atoms. The molecule has 0 unspecified atom stereocenters. The molecule has 0 aromatic heterocycles. The highest BCUT2D eigenvalue weighted by molar-refractivity contribution is 5.49. The summed E-state index contributed by atoms with van der Waals surface area (Å²) in [5.74, 6) is 0. The van der Waals surface area contributed by atoms with Crippen LogP contribution in [0.15, 0.2) is 18.2 Å². The Balaban J connectivity index is 2.83. The normalized spacial score (nSPS) is 11.5. The standard InChI is InChI=1S/C12H19NO/c1-9-5-6-11(7-10(9)2)13-12(3,4)8-14/h5-7,13-14H,8H2,1-4H3. The average Bonchev–Trinajstić information content (AvgIpc) is 2.11. The van der Waals surface area contributed by atoms with Crippen molar-refractivity contribution in [2.24, 2.45) is 0 Å². The molecule has 0 radical (unpaired) electrons. The Kier molecular flexibility index (Phi) is 3.17. The molecule has 2 heteroatoms. The zero-order valence-corrected chi connectivity index (χ0v) is 9.39. The Morgan fingerprint density at radius 3 is 2.36 bits per heavy atom. The van der Waals surface area contributed by atoms with E-state index in [-0.39, 0.29) is 12.1 Å². The van der Waals surface area contributed by atoms with Gasteiger partial charge in [0, 0.05) is 5.69 Å². The molecule has 0 aliphatic rings. The first kappa shape index (κ1) is 11.1. The molecule has 0 aliphatic heterocycles. The molecule has 14 heavy (non-hydrogen) atoms. The molecule has 0 atom stereocenters. The lowest BCUT2D eigenvalue weighted by atomic mass is 10.0. The number of benzene rings is 1. The van der Waals surface area contributed by atoms with E-state index in [1.165, 1.54) is 11.1 Å². The fourth-order valence-electron chi connectivity index (χ4n) is 1.25. The molecule has 0 bridgehead atoms. The lowest BCUT2D eigenvalue weighted by Crippen LogP contribution is -2.34. The molecule has 0 saturated heterocycles. The molecular weight excluding hydrogens is 174 g/mol. The van der Waals surface area contributed by atoms with E-state index in [1.54, 1.807) is 0 Å². The van der Waals surface area contributed by atoms with Crippen LogP contribution in [0.3, 0.4) is 0 Å². The molecule has 1 rings (SSSR count). The SMILES string of the molecule is Cc1ccc(NC(C)(C)CO)cc1C. The van der Waals surface area contributed by atoms with E-state index >= 15 is 0 Å². The summed E-state index contributed by atoms with van der Waals surface area (Å²) in [6.07, 6.45) is 0. The molecular formula is C12H19NO. The number of rotatable bonds is 3. The number of aliphatic hydroxyl groups is 1. The average molecular weight is 193 g/mol. The summed E-state index contributed by atoms with van der Waals surface area (Å²) in [5.41, 5.74) is 3.36. The lowest BCUT2D eigenvalue weighted by Gasteiger charge is -2.25. The van der Waals surface area contributed by atoms with Crippen LogP contribution in [-0.4, -0.2) is 17.3 Å². The van der Waals surface area contributed by atoms with Gasteiger partial charge in [-0.2, -0.15) is 0 Å². The number of hydrogen-bond acceptors (Lipinski definition) is 2. The van der Waals surface area contributed by atoms with Crippen molar-refractivity contribution in [1.29, 1.82) is 0 Å². The van der Waals surface area contributed by atoms with Crippen LogP contribution >= 0.6 is 0 Å². The van der Waals surface area contributed by atoms with Gasteiger partial charge in [0.05, 0.1) is 12.1 Å². The maximum atomic E-state index is 9.12. The molecule has 0 amide bonds. The highest BCUT2D eigenvalue weighted by atomic mass is 16.3. The van der Waals surface area contributed by atoms with Crippen molar-refractivity contribution in [2.75, 3.05) is 11.9 Å². The van der Waals surface area contributed by atoms with Crippen LogP contribution in [0.5, 0.6) is 0 Å². The monoisotopic (exact) mass is 193 g/mol. The van der Waals surface area contributed by atoms with Crippen LogP contribution < -0.4 is 5.32 Å². The fraction of sp³-hybridized carbons (Fsp3) is 0.500. The summed E-state index contributed by atoms with van der Waals surface area (Å²) in [6, 6.07) is 6.23. The van der Waals surface area contributed by atoms with Crippen molar-refractivity contribution in [3.8, 4) is 0 Å². The van der Waals surface area contributed by atoms with Gasteiger partial charge in [-0.15, -0.1) is 0 Å². The third kappa shape index (κ3) is 2.74. The number of aliphatic hydroxyl groups excluding tert-OH is 1. The minimum Gasteiger partial charge on any atom is -0.394 e. The van der Waals surface area contributed by atoms with Crippen molar-refractivity contribution in [2.45, 2.75) is 33.2 Å². The van der Waals surface area contributed by atoms with E-state index in [0.29, 0.717) is 0 Å². The second kappa shape index (κ2) is 4.01. The van der Waals surface area contributed by atoms with E-state index < -0.39 is 0 Å². The molecule has 1 aromatic carbocycles. The Hall–Kier alpha value is -1.02. The highest BCUT2D eigenvalue weighted by Gasteiger charge is 2.15. The lowest BCUT2D eigenvalue weighted by molar-refractivity contribution is 0.234. The molecule has 0 heterocycles. The van der Waals surface area contributed by atoms with Crippen molar-refractivity contribution < 1.29 is 5.11 Å². The predicted octanol–water partition coefficient (Wildman–Crippen LogP) is 2.49. The summed E-state index contributed by atoms with van der Waals surface area (Å²) in [7, 11) is 0. The van der Waals surface area contributed by atoms with Gasteiger partial charge >= 0.3 is 0 Å². The van der Waals surface area contributed by atoms with Gasteiger partial charge in [0.15, 0.2) is 0 Å². The Morgan fingerprint density at radius 2 is 1.86 bits per heavy atom. The third-order valence-electron chi connectivity index (χ3n) is 2.38. The van der Waals surface area contributed by atoms with Crippen LogP contribution in [0.1, 0.15) is 25.0 Å². The van der Waals surface area contributed by atoms with Crippen molar-refractivity contribution in [1.82, 2.24) is 0 Å². The third-order valence-corrected chi connectivity index (χ3v) is 2.38. The fourth-order valence-corrected chi connectivity index (χ4v) is 1.25. The van der Waals surface area contributed by atoms with Gasteiger partial charge in [0.2, 0.25) is 0 Å². The molecule has 0 saturated carbocycles. The van der Waals surface area contributed by atoms with E-state index in [9.17, 15) is 0 Å². The van der Waals surface area contributed by atoms with E-state index in [1.807, 2.05) is 19.9 Å². The molecule has 1 aromatic rings. The van der Waals surface area contributed by atoms with Gasteiger partial charge in [-0.25, -0.2) is 0 Å². The van der Waals surface area contributed by atoms with Crippen LogP contribution in [-0.2, 0) is 0 Å². The quantitative estimate of drug-likeness (QED) is 0.773. The van der Waals surface area contributed by atoms with Crippen LogP contribution in [0.25, 0.3) is 0 Å². The Labute approximate surface area is 86.0 Å². The molecule has 2 nitrogen and oxygen atoms in total. The zero-order chi connectivity index (χ0) is 10.8. The smallest absolute Gasteiger partial charge is 0.0656 e.